The predicted molar refractivity (Wildman–Crippen MR) is 72.7 cm³/mol. The molecule has 1 fully saturated rings. The molecule has 4 heteroatoms. The van der Waals surface area contributed by atoms with Gasteiger partial charge in [-0.1, -0.05) is 0 Å². The Balaban J connectivity index is 2.01. The molecule has 1 aromatic carbocycles. The van der Waals surface area contributed by atoms with Crippen molar-refractivity contribution in [2.24, 2.45) is 7.05 Å². The summed E-state index contributed by atoms with van der Waals surface area (Å²) >= 11 is 0. The molecule has 0 radical (unpaired) electrons. The van der Waals surface area contributed by atoms with Crippen molar-refractivity contribution in [3.63, 3.8) is 0 Å². The van der Waals surface area contributed by atoms with Crippen molar-refractivity contribution in [1.29, 1.82) is 5.26 Å². The first-order chi connectivity index (χ1) is 9.17. The van der Waals surface area contributed by atoms with Gasteiger partial charge >= 0.3 is 0 Å². The topological polar surface area (TPSA) is 50.8 Å². The first-order valence-corrected chi connectivity index (χ1v) is 6.58. The number of fused-ring (bicyclic) bond motifs is 1. The molecular formula is C15H17N3O. The zero-order chi connectivity index (χ0) is 13.5. The number of hydrogen-bond donors (Lipinski definition) is 0. The Morgan fingerprint density at radius 2 is 2.26 bits per heavy atom. The molecule has 0 aliphatic heterocycles. The Hall–Kier alpha value is -1.86. The molecule has 1 saturated carbocycles. The van der Waals surface area contributed by atoms with Crippen molar-refractivity contribution in [3.05, 3.63) is 29.6 Å². The SMILES string of the molecule is COC1(Cc2nc3ccc(C#N)cc3n2C)CCC1. The van der Waals surface area contributed by atoms with E-state index in [-0.39, 0.29) is 5.60 Å². The van der Waals surface area contributed by atoms with Crippen LogP contribution < -0.4 is 0 Å². The minimum Gasteiger partial charge on any atom is -0.378 e. The van der Waals surface area contributed by atoms with Crippen molar-refractivity contribution in [1.82, 2.24) is 9.55 Å². The fraction of sp³-hybridized carbons (Fsp3) is 0.467. The van der Waals surface area contributed by atoms with Crippen molar-refractivity contribution < 1.29 is 4.74 Å². The highest BCUT2D eigenvalue weighted by atomic mass is 16.5. The van der Waals surface area contributed by atoms with Gasteiger partial charge in [0, 0.05) is 20.6 Å². The second-order valence-electron chi connectivity index (χ2n) is 5.32. The maximum Gasteiger partial charge on any atom is 0.112 e. The fourth-order valence-corrected chi connectivity index (χ4v) is 2.78. The Morgan fingerprint density at radius 3 is 2.84 bits per heavy atom. The van der Waals surface area contributed by atoms with Gasteiger partial charge in [0.05, 0.1) is 28.3 Å². The lowest BCUT2D eigenvalue weighted by Crippen LogP contribution is -2.41. The van der Waals surface area contributed by atoms with Gasteiger partial charge in [-0.25, -0.2) is 4.98 Å². The van der Waals surface area contributed by atoms with Gasteiger partial charge in [-0.15, -0.1) is 0 Å². The van der Waals surface area contributed by atoms with Crippen LogP contribution in [0.15, 0.2) is 18.2 Å². The van der Waals surface area contributed by atoms with E-state index in [0.29, 0.717) is 5.56 Å². The van der Waals surface area contributed by atoms with E-state index in [4.69, 9.17) is 10.00 Å². The highest BCUT2D eigenvalue weighted by molar-refractivity contribution is 5.77. The molecule has 1 aliphatic carbocycles. The summed E-state index contributed by atoms with van der Waals surface area (Å²) in [7, 11) is 3.80. The zero-order valence-electron chi connectivity index (χ0n) is 11.3. The van der Waals surface area contributed by atoms with E-state index < -0.39 is 0 Å². The lowest BCUT2D eigenvalue weighted by molar-refractivity contribution is -0.0724. The van der Waals surface area contributed by atoms with Crippen LogP contribution in [-0.4, -0.2) is 22.3 Å². The average molecular weight is 255 g/mol. The van der Waals surface area contributed by atoms with Gasteiger partial charge in [-0.3, -0.25) is 0 Å². The number of hydrogen-bond acceptors (Lipinski definition) is 3. The molecule has 3 rings (SSSR count). The molecule has 0 bridgehead atoms. The number of nitrogens with zero attached hydrogens (tertiary/aromatic N) is 3. The van der Waals surface area contributed by atoms with E-state index >= 15 is 0 Å². The first-order valence-electron chi connectivity index (χ1n) is 6.58. The van der Waals surface area contributed by atoms with Crippen LogP contribution in [-0.2, 0) is 18.2 Å². The van der Waals surface area contributed by atoms with Crippen LogP contribution in [0.1, 0.15) is 30.7 Å². The van der Waals surface area contributed by atoms with Gasteiger partial charge < -0.3 is 9.30 Å². The number of benzene rings is 1. The number of aryl methyl sites for hydroxylation is 1. The third-order valence-corrected chi connectivity index (χ3v) is 4.28. The summed E-state index contributed by atoms with van der Waals surface area (Å²) in [5.41, 5.74) is 2.61. The quantitative estimate of drug-likeness (QED) is 0.847. The molecule has 0 amide bonds. The van der Waals surface area contributed by atoms with E-state index in [0.717, 1.165) is 36.1 Å². The van der Waals surface area contributed by atoms with E-state index in [2.05, 4.69) is 15.6 Å². The van der Waals surface area contributed by atoms with Crippen LogP contribution in [0, 0.1) is 11.3 Å². The summed E-state index contributed by atoms with van der Waals surface area (Å²) in [5, 5.41) is 8.97. The lowest BCUT2D eigenvalue weighted by atomic mass is 9.77. The number of methoxy groups -OCH3 is 1. The van der Waals surface area contributed by atoms with Gasteiger partial charge in [0.1, 0.15) is 5.82 Å². The van der Waals surface area contributed by atoms with Crippen LogP contribution in [0.5, 0.6) is 0 Å². The summed E-state index contributed by atoms with van der Waals surface area (Å²) in [6.07, 6.45) is 4.29. The minimum atomic E-state index is -0.0206. The molecule has 1 heterocycles. The van der Waals surface area contributed by atoms with Gasteiger partial charge in [0.15, 0.2) is 0 Å². The van der Waals surface area contributed by atoms with Gasteiger partial charge in [0.25, 0.3) is 0 Å². The Morgan fingerprint density at radius 1 is 1.47 bits per heavy atom. The predicted octanol–water partition coefficient (Wildman–Crippen LogP) is 2.56. The summed E-state index contributed by atoms with van der Waals surface area (Å²) in [6, 6.07) is 7.79. The average Bonchev–Trinajstić information content (AvgIpc) is 2.70. The molecule has 4 nitrogen and oxygen atoms in total. The normalized spacial score (nSPS) is 17.1. The summed E-state index contributed by atoms with van der Waals surface area (Å²) in [6.45, 7) is 0. The van der Waals surface area contributed by atoms with E-state index in [1.807, 2.05) is 25.2 Å². The summed E-state index contributed by atoms with van der Waals surface area (Å²) in [5.74, 6) is 1.03. The van der Waals surface area contributed by atoms with Crippen molar-refractivity contribution in [2.45, 2.75) is 31.3 Å². The number of aromatic nitrogens is 2. The van der Waals surface area contributed by atoms with Gasteiger partial charge in [0.2, 0.25) is 0 Å². The number of rotatable bonds is 3. The molecule has 0 N–H and O–H groups in total. The van der Waals surface area contributed by atoms with Crippen molar-refractivity contribution in [2.75, 3.05) is 7.11 Å². The molecular weight excluding hydrogens is 238 g/mol. The monoisotopic (exact) mass is 255 g/mol. The van der Waals surface area contributed by atoms with Crippen LogP contribution in [0.25, 0.3) is 11.0 Å². The smallest absolute Gasteiger partial charge is 0.112 e. The number of ether oxygens (including phenoxy) is 1. The maximum atomic E-state index is 8.97. The zero-order valence-corrected chi connectivity index (χ0v) is 11.3. The summed E-state index contributed by atoms with van der Waals surface area (Å²) < 4.78 is 7.75. The van der Waals surface area contributed by atoms with Gasteiger partial charge in [-0.05, 0) is 37.5 Å². The Labute approximate surface area is 112 Å². The largest absolute Gasteiger partial charge is 0.378 e. The van der Waals surface area contributed by atoms with Crippen LogP contribution >= 0.6 is 0 Å². The maximum absolute atomic E-state index is 8.97. The summed E-state index contributed by atoms with van der Waals surface area (Å²) in [4.78, 5) is 4.68. The highest BCUT2D eigenvalue weighted by Crippen LogP contribution is 2.38. The first kappa shape index (κ1) is 12.2. The third kappa shape index (κ3) is 1.91. The second kappa shape index (κ2) is 4.36. The van der Waals surface area contributed by atoms with Crippen molar-refractivity contribution >= 4 is 11.0 Å². The number of nitriles is 1. The van der Waals surface area contributed by atoms with E-state index in [1.54, 1.807) is 7.11 Å². The molecule has 1 aliphatic rings. The molecule has 0 unspecified atom stereocenters. The molecule has 0 saturated heterocycles. The van der Waals surface area contributed by atoms with Crippen molar-refractivity contribution in [3.8, 4) is 6.07 Å². The van der Waals surface area contributed by atoms with Crippen LogP contribution in [0.2, 0.25) is 0 Å². The number of imidazole rings is 1. The standard InChI is InChI=1S/C15H17N3O/c1-18-13-8-11(10-16)4-5-12(13)17-14(18)9-15(19-2)6-3-7-15/h4-5,8H,3,6-7,9H2,1-2H3. The minimum absolute atomic E-state index is 0.0206. The Bertz CT molecular complexity index is 656. The lowest BCUT2D eigenvalue weighted by Gasteiger charge is -2.40. The molecule has 2 aromatic rings. The fourth-order valence-electron chi connectivity index (χ4n) is 2.78. The van der Waals surface area contributed by atoms with Crippen LogP contribution in [0.3, 0.4) is 0 Å². The van der Waals surface area contributed by atoms with Crippen LogP contribution in [0.4, 0.5) is 0 Å². The van der Waals surface area contributed by atoms with E-state index in [9.17, 15) is 0 Å². The second-order valence-corrected chi connectivity index (χ2v) is 5.32. The third-order valence-electron chi connectivity index (χ3n) is 4.28. The highest BCUT2D eigenvalue weighted by Gasteiger charge is 2.38. The molecule has 0 spiro atoms. The molecule has 98 valence electrons. The molecule has 0 atom stereocenters. The Kier molecular flexibility index (Phi) is 2.79. The van der Waals surface area contributed by atoms with Gasteiger partial charge in [-0.2, -0.15) is 5.26 Å². The molecule has 19 heavy (non-hydrogen) atoms. The molecule has 1 aromatic heterocycles. The van der Waals surface area contributed by atoms with E-state index in [1.165, 1.54) is 6.42 Å².